The molecule has 3 aromatic carbocycles. The second-order valence-electron chi connectivity index (χ2n) is 10.9. The van der Waals surface area contributed by atoms with E-state index in [0.29, 0.717) is 17.9 Å². The Morgan fingerprint density at radius 3 is 2.21 bits per heavy atom. The summed E-state index contributed by atoms with van der Waals surface area (Å²) in [6, 6.07) is 20.1. The van der Waals surface area contributed by atoms with Gasteiger partial charge in [-0.05, 0) is 62.9 Å². The molecular formula is C33H41N3O6S. The Hall–Kier alpha value is -4.05. The quantitative estimate of drug-likeness (QED) is 0.301. The Morgan fingerprint density at radius 2 is 1.58 bits per heavy atom. The van der Waals surface area contributed by atoms with Crippen LogP contribution >= 0.6 is 0 Å². The van der Waals surface area contributed by atoms with E-state index in [9.17, 15) is 18.0 Å². The average Bonchev–Trinajstić information content (AvgIpc) is 3.53. The molecule has 4 rings (SSSR count). The van der Waals surface area contributed by atoms with Crippen molar-refractivity contribution in [2.24, 2.45) is 0 Å². The summed E-state index contributed by atoms with van der Waals surface area (Å²) in [7, 11) is -1.24. The smallest absolute Gasteiger partial charge is 0.264 e. The van der Waals surface area contributed by atoms with E-state index < -0.39 is 28.5 Å². The first-order valence-corrected chi connectivity index (χ1v) is 16.0. The number of carbonyl (C=O) groups is 2. The minimum atomic E-state index is -4.19. The highest BCUT2D eigenvalue weighted by molar-refractivity contribution is 7.92. The van der Waals surface area contributed by atoms with Crippen molar-refractivity contribution in [2.75, 3.05) is 31.6 Å². The monoisotopic (exact) mass is 607 g/mol. The van der Waals surface area contributed by atoms with Crippen LogP contribution in [0, 0.1) is 6.92 Å². The van der Waals surface area contributed by atoms with Gasteiger partial charge < -0.3 is 19.7 Å². The van der Waals surface area contributed by atoms with Crippen LogP contribution in [0.2, 0.25) is 0 Å². The summed E-state index contributed by atoms with van der Waals surface area (Å²) in [6.07, 6.45) is 4.46. The van der Waals surface area contributed by atoms with Crippen LogP contribution in [0.4, 0.5) is 5.69 Å². The fourth-order valence-corrected chi connectivity index (χ4v) is 6.71. The molecular weight excluding hydrogens is 566 g/mol. The molecule has 3 aromatic rings. The maximum Gasteiger partial charge on any atom is 0.264 e. The number of rotatable bonds is 13. The lowest BCUT2D eigenvalue weighted by molar-refractivity contribution is -0.139. The lowest BCUT2D eigenvalue weighted by Gasteiger charge is -2.32. The lowest BCUT2D eigenvalue weighted by atomic mass is 10.1. The van der Waals surface area contributed by atoms with Crippen molar-refractivity contribution in [3.05, 3.63) is 83.9 Å². The van der Waals surface area contributed by atoms with Gasteiger partial charge in [0.15, 0.2) is 11.5 Å². The molecule has 1 saturated carbocycles. The highest BCUT2D eigenvalue weighted by Gasteiger charge is 2.33. The molecule has 0 radical (unpaired) electrons. The number of carbonyl (C=O) groups excluding carboxylic acids is 2. The zero-order chi connectivity index (χ0) is 31.0. The van der Waals surface area contributed by atoms with E-state index in [1.807, 2.05) is 37.3 Å². The van der Waals surface area contributed by atoms with Gasteiger partial charge in [0, 0.05) is 18.7 Å². The second kappa shape index (κ2) is 14.4. The number of aryl methyl sites for hydroxylation is 1. The maximum absolute atomic E-state index is 14.1. The van der Waals surface area contributed by atoms with Crippen LogP contribution in [-0.2, 0) is 26.0 Å². The van der Waals surface area contributed by atoms with E-state index in [1.165, 1.54) is 37.3 Å². The molecule has 10 heteroatoms. The molecule has 1 aliphatic carbocycles. The molecule has 43 heavy (non-hydrogen) atoms. The number of hydrogen-bond donors (Lipinski definition) is 1. The number of hydrogen-bond acceptors (Lipinski definition) is 6. The zero-order valence-corrected chi connectivity index (χ0v) is 26.1. The second-order valence-corrected chi connectivity index (χ2v) is 12.7. The molecule has 230 valence electrons. The topological polar surface area (TPSA) is 105 Å². The number of benzene rings is 3. The summed E-state index contributed by atoms with van der Waals surface area (Å²) in [5, 5.41) is 3.09. The van der Waals surface area contributed by atoms with Crippen LogP contribution in [-0.4, -0.2) is 64.5 Å². The van der Waals surface area contributed by atoms with Gasteiger partial charge >= 0.3 is 0 Å². The fraction of sp³-hybridized carbons (Fsp3) is 0.394. The predicted octanol–water partition coefficient (Wildman–Crippen LogP) is 4.73. The summed E-state index contributed by atoms with van der Waals surface area (Å²) in [6.45, 7) is 3.30. The third kappa shape index (κ3) is 7.87. The Bertz CT molecular complexity index is 1490. The molecule has 1 fully saturated rings. The van der Waals surface area contributed by atoms with E-state index in [2.05, 4.69) is 5.32 Å². The Kier molecular flexibility index (Phi) is 10.7. The summed E-state index contributed by atoms with van der Waals surface area (Å²) >= 11 is 0. The normalized spacial score (nSPS) is 14.1. The Balaban J connectivity index is 1.69. The van der Waals surface area contributed by atoms with E-state index in [1.54, 1.807) is 31.2 Å². The number of nitrogens with zero attached hydrogens (tertiary/aromatic N) is 2. The number of sulfonamides is 1. The van der Waals surface area contributed by atoms with Crippen LogP contribution in [0.25, 0.3) is 0 Å². The van der Waals surface area contributed by atoms with Crippen LogP contribution in [0.15, 0.2) is 77.7 Å². The fourth-order valence-electron chi connectivity index (χ4n) is 5.31. The van der Waals surface area contributed by atoms with Crippen molar-refractivity contribution in [1.82, 2.24) is 10.2 Å². The molecule has 0 aliphatic heterocycles. The number of nitrogens with one attached hydrogen (secondary N) is 1. The van der Waals surface area contributed by atoms with Gasteiger partial charge in [0.05, 0.1) is 24.8 Å². The van der Waals surface area contributed by atoms with Crippen molar-refractivity contribution in [3.63, 3.8) is 0 Å². The number of anilines is 1. The molecule has 2 amide bonds. The number of ether oxygens (including phenoxy) is 2. The van der Waals surface area contributed by atoms with Crippen molar-refractivity contribution >= 4 is 27.5 Å². The van der Waals surface area contributed by atoms with Gasteiger partial charge in [-0.2, -0.15) is 0 Å². The Labute approximate surface area is 254 Å². The first-order valence-electron chi connectivity index (χ1n) is 14.6. The summed E-state index contributed by atoms with van der Waals surface area (Å²) in [5.74, 6) is 0.0107. The van der Waals surface area contributed by atoms with Gasteiger partial charge in [0.25, 0.3) is 10.0 Å². The molecule has 0 heterocycles. The minimum Gasteiger partial charge on any atom is -0.493 e. The number of methoxy groups -OCH3 is 2. The van der Waals surface area contributed by atoms with Gasteiger partial charge in [-0.25, -0.2) is 8.42 Å². The zero-order valence-electron chi connectivity index (χ0n) is 25.3. The van der Waals surface area contributed by atoms with E-state index >= 15 is 0 Å². The molecule has 0 spiro atoms. The highest BCUT2D eigenvalue weighted by Crippen LogP contribution is 2.34. The van der Waals surface area contributed by atoms with Crippen molar-refractivity contribution in [2.45, 2.75) is 62.9 Å². The largest absolute Gasteiger partial charge is 0.493 e. The molecule has 0 bridgehead atoms. The molecule has 9 nitrogen and oxygen atoms in total. The van der Waals surface area contributed by atoms with Crippen LogP contribution in [0.3, 0.4) is 0 Å². The molecule has 1 atom stereocenters. The van der Waals surface area contributed by atoms with E-state index in [-0.39, 0.29) is 29.1 Å². The van der Waals surface area contributed by atoms with Crippen LogP contribution < -0.4 is 19.1 Å². The minimum absolute atomic E-state index is 0.0449. The third-order valence-electron chi connectivity index (χ3n) is 7.90. The van der Waals surface area contributed by atoms with Gasteiger partial charge in [0.1, 0.15) is 12.6 Å². The predicted molar refractivity (Wildman–Crippen MR) is 167 cm³/mol. The Morgan fingerprint density at radius 1 is 0.930 bits per heavy atom. The molecule has 1 N–H and O–H groups in total. The van der Waals surface area contributed by atoms with Crippen molar-refractivity contribution in [3.8, 4) is 11.5 Å². The highest BCUT2D eigenvalue weighted by atomic mass is 32.2. The lowest BCUT2D eigenvalue weighted by Crippen LogP contribution is -2.53. The standard InChI is InChI=1S/C33H41N3O6S/c1-24-14-17-29(18-15-24)43(39,40)36(28-16-19-30(41-3)31(22-28)42-4)23-32(37)35(21-20-26-10-6-5-7-11-26)25(2)33(38)34-27-12-8-9-13-27/h5-7,10-11,14-19,22,25,27H,8-9,12-13,20-21,23H2,1-4H3,(H,34,38)/t25-/m1/s1. The van der Waals surface area contributed by atoms with Crippen LogP contribution in [0.1, 0.15) is 43.7 Å². The van der Waals surface area contributed by atoms with E-state index in [4.69, 9.17) is 9.47 Å². The number of amides is 2. The molecule has 0 aromatic heterocycles. The third-order valence-corrected chi connectivity index (χ3v) is 9.68. The average molecular weight is 608 g/mol. The molecule has 0 unspecified atom stereocenters. The SMILES string of the molecule is COc1ccc(N(CC(=O)N(CCc2ccccc2)[C@H](C)C(=O)NC2CCCC2)S(=O)(=O)c2ccc(C)cc2)cc1OC. The summed E-state index contributed by atoms with van der Waals surface area (Å²) < 4.78 is 40.0. The van der Waals surface area contributed by atoms with Gasteiger partial charge in [0.2, 0.25) is 11.8 Å². The first kappa shape index (κ1) is 31.9. The molecule has 0 saturated heterocycles. The summed E-state index contributed by atoms with van der Waals surface area (Å²) in [5.41, 5.74) is 2.15. The van der Waals surface area contributed by atoms with E-state index in [0.717, 1.165) is 41.1 Å². The maximum atomic E-state index is 14.1. The van der Waals surface area contributed by atoms with Crippen molar-refractivity contribution in [1.29, 1.82) is 0 Å². The first-order chi connectivity index (χ1) is 20.6. The van der Waals surface area contributed by atoms with Crippen molar-refractivity contribution < 1.29 is 27.5 Å². The van der Waals surface area contributed by atoms with Gasteiger partial charge in [-0.1, -0.05) is 60.9 Å². The van der Waals surface area contributed by atoms with Gasteiger partial charge in [-0.15, -0.1) is 0 Å². The summed E-state index contributed by atoms with van der Waals surface area (Å²) in [4.78, 5) is 29.0. The molecule has 1 aliphatic rings. The van der Waals surface area contributed by atoms with Crippen LogP contribution in [0.5, 0.6) is 11.5 Å². The van der Waals surface area contributed by atoms with Gasteiger partial charge in [-0.3, -0.25) is 13.9 Å².